The number of hydrazone groups is 1. The number of aromatic hydroxyl groups is 1. The number of nitrogens with zero attached hydrogens (tertiary/aromatic N) is 2. The van der Waals surface area contributed by atoms with Gasteiger partial charge < -0.3 is 5.11 Å². The first-order valence-electron chi connectivity index (χ1n) is 5.37. The van der Waals surface area contributed by atoms with Crippen molar-refractivity contribution >= 4 is 11.9 Å². The fourth-order valence-electron chi connectivity index (χ4n) is 1.47. The van der Waals surface area contributed by atoms with Crippen molar-refractivity contribution in [2.75, 3.05) is 12.1 Å². The molecular weight excluding hydrogens is 212 g/mol. The largest absolute Gasteiger partial charge is 0.508 e. The van der Waals surface area contributed by atoms with Gasteiger partial charge in [-0.3, -0.25) is 5.01 Å². The first kappa shape index (κ1) is 11.2. The summed E-state index contributed by atoms with van der Waals surface area (Å²) in [6.07, 6.45) is 1.72. The van der Waals surface area contributed by atoms with Gasteiger partial charge in [0.05, 0.1) is 11.9 Å². The molecule has 0 bridgehead atoms. The van der Waals surface area contributed by atoms with E-state index in [4.69, 9.17) is 0 Å². The number of hydrogen-bond donors (Lipinski definition) is 1. The van der Waals surface area contributed by atoms with Crippen LogP contribution in [0.5, 0.6) is 5.75 Å². The predicted octanol–water partition coefficient (Wildman–Crippen LogP) is 2.86. The second kappa shape index (κ2) is 5.16. The number of benzene rings is 2. The Labute approximate surface area is 101 Å². The first-order valence-corrected chi connectivity index (χ1v) is 5.37. The Hall–Kier alpha value is -2.29. The van der Waals surface area contributed by atoms with Crippen molar-refractivity contribution in [3.63, 3.8) is 0 Å². The van der Waals surface area contributed by atoms with Crippen LogP contribution in [0, 0.1) is 0 Å². The summed E-state index contributed by atoms with van der Waals surface area (Å²) in [6.45, 7) is 0. The highest BCUT2D eigenvalue weighted by Crippen LogP contribution is 2.12. The molecule has 2 rings (SSSR count). The number of anilines is 1. The standard InChI is InChI=1S/C14H14N2O/c1-16(13-7-3-2-4-8-13)15-11-12-6-5-9-14(17)10-12/h2-11,17H,1H3/b15-11+. The number of phenols is 1. The second-order valence-electron chi connectivity index (χ2n) is 3.70. The summed E-state index contributed by atoms with van der Waals surface area (Å²) in [6, 6.07) is 16.9. The zero-order chi connectivity index (χ0) is 12.1. The molecule has 0 aliphatic rings. The molecule has 0 aliphatic heterocycles. The summed E-state index contributed by atoms with van der Waals surface area (Å²) in [7, 11) is 1.88. The highest BCUT2D eigenvalue weighted by molar-refractivity contribution is 5.80. The van der Waals surface area contributed by atoms with Crippen LogP contribution in [0.1, 0.15) is 5.56 Å². The molecule has 3 nitrogen and oxygen atoms in total. The van der Waals surface area contributed by atoms with Gasteiger partial charge in [-0.05, 0) is 29.8 Å². The van der Waals surface area contributed by atoms with Crippen molar-refractivity contribution in [3.05, 3.63) is 60.2 Å². The zero-order valence-corrected chi connectivity index (χ0v) is 9.62. The van der Waals surface area contributed by atoms with Crippen LogP contribution in [0.3, 0.4) is 0 Å². The van der Waals surface area contributed by atoms with E-state index >= 15 is 0 Å². The molecule has 0 aliphatic carbocycles. The average molecular weight is 226 g/mol. The fraction of sp³-hybridized carbons (Fsp3) is 0.0714. The van der Waals surface area contributed by atoms with Crippen molar-refractivity contribution in [2.45, 2.75) is 0 Å². The minimum Gasteiger partial charge on any atom is -0.508 e. The van der Waals surface area contributed by atoms with Gasteiger partial charge in [-0.15, -0.1) is 0 Å². The Kier molecular flexibility index (Phi) is 3.40. The molecule has 0 fully saturated rings. The van der Waals surface area contributed by atoms with Gasteiger partial charge in [0.25, 0.3) is 0 Å². The molecule has 2 aromatic rings. The summed E-state index contributed by atoms with van der Waals surface area (Å²) < 4.78 is 0. The van der Waals surface area contributed by atoms with Crippen LogP contribution in [0.4, 0.5) is 5.69 Å². The molecule has 0 heterocycles. The van der Waals surface area contributed by atoms with E-state index < -0.39 is 0 Å². The summed E-state index contributed by atoms with van der Waals surface area (Å²) in [5.41, 5.74) is 1.89. The molecule has 0 aromatic heterocycles. The van der Waals surface area contributed by atoms with Crippen LogP contribution in [0.25, 0.3) is 0 Å². The Morgan fingerprint density at radius 2 is 1.82 bits per heavy atom. The van der Waals surface area contributed by atoms with E-state index in [9.17, 15) is 5.11 Å². The van der Waals surface area contributed by atoms with Gasteiger partial charge in [0.2, 0.25) is 0 Å². The van der Waals surface area contributed by atoms with Crippen LogP contribution in [-0.2, 0) is 0 Å². The third-order valence-corrected chi connectivity index (χ3v) is 2.38. The molecule has 3 heteroatoms. The topological polar surface area (TPSA) is 35.8 Å². The minimum atomic E-state index is 0.247. The van der Waals surface area contributed by atoms with Gasteiger partial charge in [-0.25, -0.2) is 0 Å². The maximum atomic E-state index is 9.32. The lowest BCUT2D eigenvalue weighted by Gasteiger charge is -2.11. The van der Waals surface area contributed by atoms with E-state index in [0.717, 1.165) is 11.3 Å². The number of para-hydroxylation sites is 1. The quantitative estimate of drug-likeness (QED) is 0.645. The van der Waals surface area contributed by atoms with Crippen LogP contribution in [-0.4, -0.2) is 18.4 Å². The minimum absolute atomic E-state index is 0.247. The second-order valence-corrected chi connectivity index (χ2v) is 3.70. The van der Waals surface area contributed by atoms with Gasteiger partial charge in [0, 0.05) is 7.05 Å². The maximum Gasteiger partial charge on any atom is 0.116 e. The fourth-order valence-corrected chi connectivity index (χ4v) is 1.47. The molecule has 0 saturated heterocycles. The van der Waals surface area contributed by atoms with Crippen molar-refractivity contribution in [1.82, 2.24) is 0 Å². The first-order chi connectivity index (χ1) is 8.25. The molecule has 0 radical (unpaired) electrons. The molecule has 17 heavy (non-hydrogen) atoms. The van der Waals surface area contributed by atoms with Crippen LogP contribution in [0.2, 0.25) is 0 Å². The summed E-state index contributed by atoms with van der Waals surface area (Å²) >= 11 is 0. The lowest BCUT2D eigenvalue weighted by Crippen LogP contribution is -2.08. The van der Waals surface area contributed by atoms with Crippen molar-refractivity contribution in [2.24, 2.45) is 5.10 Å². The van der Waals surface area contributed by atoms with Crippen molar-refractivity contribution in [1.29, 1.82) is 0 Å². The Bertz CT molecular complexity index is 509. The van der Waals surface area contributed by atoms with Gasteiger partial charge >= 0.3 is 0 Å². The molecule has 0 unspecified atom stereocenters. The number of phenolic OH excluding ortho intramolecular Hbond substituents is 1. The van der Waals surface area contributed by atoms with Crippen LogP contribution < -0.4 is 5.01 Å². The third kappa shape index (κ3) is 3.08. The molecule has 0 atom stereocenters. The molecule has 0 amide bonds. The van der Waals surface area contributed by atoms with E-state index in [1.807, 2.05) is 43.4 Å². The molecular formula is C14H14N2O. The Morgan fingerprint density at radius 3 is 2.53 bits per heavy atom. The van der Waals surface area contributed by atoms with Crippen molar-refractivity contribution in [3.8, 4) is 5.75 Å². The van der Waals surface area contributed by atoms with Gasteiger partial charge in [0.15, 0.2) is 0 Å². The molecule has 1 N–H and O–H groups in total. The molecule has 86 valence electrons. The predicted molar refractivity (Wildman–Crippen MR) is 70.5 cm³/mol. The van der Waals surface area contributed by atoms with E-state index in [2.05, 4.69) is 5.10 Å². The van der Waals surface area contributed by atoms with Crippen molar-refractivity contribution < 1.29 is 5.11 Å². The van der Waals surface area contributed by atoms with Crippen LogP contribution >= 0.6 is 0 Å². The number of hydrogen-bond acceptors (Lipinski definition) is 3. The summed E-state index contributed by atoms with van der Waals surface area (Å²) in [5, 5.41) is 15.4. The zero-order valence-electron chi connectivity index (χ0n) is 9.62. The lowest BCUT2D eigenvalue weighted by molar-refractivity contribution is 0.475. The molecule has 0 spiro atoms. The number of rotatable bonds is 3. The SMILES string of the molecule is CN(/N=C/c1cccc(O)c1)c1ccccc1. The normalized spacial score (nSPS) is 10.6. The van der Waals surface area contributed by atoms with E-state index in [1.165, 1.54) is 0 Å². The van der Waals surface area contributed by atoms with Gasteiger partial charge in [-0.1, -0.05) is 30.3 Å². The highest BCUT2D eigenvalue weighted by Gasteiger charge is 1.95. The Balaban J connectivity index is 2.11. The van der Waals surface area contributed by atoms with E-state index in [-0.39, 0.29) is 5.75 Å². The molecule has 0 saturated carbocycles. The van der Waals surface area contributed by atoms with Gasteiger partial charge in [-0.2, -0.15) is 5.10 Å². The van der Waals surface area contributed by atoms with E-state index in [0.29, 0.717) is 0 Å². The third-order valence-electron chi connectivity index (χ3n) is 2.38. The monoisotopic (exact) mass is 226 g/mol. The highest BCUT2D eigenvalue weighted by atomic mass is 16.3. The summed E-state index contributed by atoms with van der Waals surface area (Å²) in [4.78, 5) is 0. The average Bonchev–Trinajstić information content (AvgIpc) is 2.37. The van der Waals surface area contributed by atoms with E-state index in [1.54, 1.807) is 29.4 Å². The maximum absolute atomic E-state index is 9.32. The molecule has 2 aromatic carbocycles. The lowest BCUT2D eigenvalue weighted by atomic mass is 10.2. The summed E-state index contributed by atoms with van der Waals surface area (Å²) in [5.74, 6) is 0.247. The Morgan fingerprint density at radius 1 is 1.06 bits per heavy atom. The smallest absolute Gasteiger partial charge is 0.116 e. The van der Waals surface area contributed by atoms with Crippen LogP contribution in [0.15, 0.2) is 59.7 Å². The van der Waals surface area contributed by atoms with Gasteiger partial charge in [0.1, 0.15) is 5.75 Å².